The van der Waals surface area contributed by atoms with E-state index in [0.29, 0.717) is 42.0 Å². The topological polar surface area (TPSA) is 104 Å². The molecule has 8 nitrogen and oxygen atoms in total. The van der Waals surface area contributed by atoms with E-state index in [2.05, 4.69) is 0 Å². The Balaban J connectivity index is 1.72. The van der Waals surface area contributed by atoms with Gasteiger partial charge in [0, 0.05) is 18.5 Å². The highest BCUT2D eigenvalue weighted by Crippen LogP contribution is 2.41. The van der Waals surface area contributed by atoms with Gasteiger partial charge in [0.05, 0.1) is 33.8 Å². The summed E-state index contributed by atoms with van der Waals surface area (Å²) in [6, 6.07) is 18.6. The fourth-order valence-corrected chi connectivity index (χ4v) is 4.78. The Kier molecular flexibility index (Phi) is 8.56. The summed E-state index contributed by atoms with van der Waals surface area (Å²) in [6.45, 7) is 3.26. The molecule has 0 aliphatic carbocycles. The molecule has 3 aromatic carbocycles. The van der Waals surface area contributed by atoms with E-state index in [-0.39, 0.29) is 17.1 Å². The molecule has 1 heterocycles. The van der Waals surface area contributed by atoms with E-state index in [1.54, 1.807) is 37.3 Å². The molecule has 8 heteroatoms. The number of aromatic hydroxyl groups is 1. The lowest BCUT2D eigenvalue weighted by atomic mass is 9.93. The number of hydrogen-bond donors (Lipinski definition) is 2. The number of likely N-dealkylation sites (tertiary alicyclic amines) is 1. The van der Waals surface area contributed by atoms with Gasteiger partial charge in [0.15, 0.2) is 11.5 Å². The van der Waals surface area contributed by atoms with Gasteiger partial charge in [-0.15, -0.1) is 0 Å². The number of nitrogens with one attached hydrogen (secondary N) is 1. The number of quaternary nitrogens is 1. The number of amides is 1. The minimum Gasteiger partial charge on any atom is -0.872 e. The van der Waals surface area contributed by atoms with Gasteiger partial charge in [0.2, 0.25) is 5.78 Å². The molecule has 39 heavy (non-hydrogen) atoms. The lowest BCUT2D eigenvalue weighted by Gasteiger charge is -2.28. The second-order valence-corrected chi connectivity index (χ2v) is 9.97. The summed E-state index contributed by atoms with van der Waals surface area (Å²) in [5.41, 5.74) is 2.39. The first-order valence-electron chi connectivity index (χ1n) is 12.9. The van der Waals surface area contributed by atoms with Crippen molar-refractivity contribution in [3.8, 4) is 17.2 Å². The summed E-state index contributed by atoms with van der Waals surface area (Å²) >= 11 is 0. The first-order chi connectivity index (χ1) is 18.7. The molecule has 0 spiro atoms. The van der Waals surface area contributed by atoms with Gasteiger partial charge in [-0.05, 0) is 53.4 Å². The van der Waals surface area contributed by atoms with E-state index in [1.807, 2.05) is 44.4 Å². The SMILES string of the molecule is COc1cc(C2/C(=C(\[O-])c3ccc(OCc4ccccc4)cc3C)C(=O)C(=O)N2CCC[NH+](C)C)ccc1O. The monoisotopic (exact) mass is 530 g/mol. The minimum atomic E-state index is -0.891. The number of ketones is 1. The van der Waals surface area contributed by atoms with Gasteiger partial charge in [0.1, 0.15) is 12.4 Å². The molecule has 4 rings (SSSR count). The van der Waals surface area contributed by atoms with Crippen LogP contribution in [0.3, 0.4) is 0 Å². The van der Waals surface area contributed by atoms with Crippen molar-refractivity contribution in [3.63, 3.8) is 0 Å². The minimum absolute atomic E-state index is 0.0746. The van der Waals surface area contributed by atoms with Crippen LogP contribution in [0.25, 0.3) is 5.76 Å². The molecular weight excluding hydrogens is 496 g/mol. The van der Waals surface area contributed by atoms with Crippen LogP contribution in [0.15, 0.2) is 72.3 Å². The summed E-state index contributed by atoms with van der Waals surface area (Å²) in [5, 5.41) is 24.0. The van der Waals surface area contributed by atoms with Crippen LogP contribution in [0.4, 0.5) is 0 Å². The average Bonchev–Trinajstić information content (AvgIpc) is 3.17. The molecule has 1 amide bonds. The van der Waals surface area contributed by atoms with Crippen molar-refractivity contribution < 1.29 is 34.2 Å². The van der Waals surface area contributed by atoms with Gasteiger partial charge in [-0.2, -0.15) is 0 Å². The summed E-state index contributed by atoms with van der Waals surface area (Å²) < 4.78 is 11.2. The Morgan fingerprint density at radius 3 is 2.46 bits per heavy atom. The third-order valence-electron chi connectivity index (χ3n) is 6.82. The number of hydrogen-bond acceptors (Lipinski definition) is 6. The highest BCUT2D eigenvalue weighted by Gasteiger charge is 2.44. The number of rotatable bonds is 10. The number of carbonyl (C=O) groups excluding carboxylic acids is 2. The van der Waals surface area contributed by atoms with Crippen LogP contribution in [0, 0.1) is 6.92 Å². The summed E-state index contributed by atoms with van der Waals surface area (Å²) in [6.07, 6.45) is 0.654. The zero-order valence-electron chi connectivity index (χ0n) is 22.7. The van der Waals surface area contributed by atoms with Crippen LogP contribution >= 0.6 is 0 Å². The quantitative estimate of drug-likeness (QED) is 0.236. The Morgan fingerprint density at radius 1 is 1.05 bits per heavy atom. The third-order valence-corrected chi connectivity index (χ3v) is 6.82. The van der Waals surface area contributed by atoms with Gasteiger partial charge >= 0.3 is 0 Å². The van der Waals surface area contributed by atoms with Gasteiger partial charge in [-0.3, -0.25) is 9.59 Å². The molecule has 1 atom stereocenters. The first-order valence-corrected chi connectivity index (χ1v) is 12.9. The lowest BCUT2D eigenvalue weighted by Crippen LogP contribution is -3.05. The van der Waals surface area contributed by atoms with Gasteiger partial charge in [-0.25, -0.2) is 0 Å². The predicted octanol–water partition coefficient (Wildman–Crippen LogP) is 2.05. The van der Waals surface area contributed by atoms with Gasteiger partial charge in [-0.1, -0.05) is 48.2 Å². The van der Waals surface area contributed by atoms with Crippen molar-refractivity contribution in [1.82, 2.24) is 4.90 Å². The van der Waals surface area contributed by atoms with Crippen LogP contribution in [0.1, 0.15) is 34.7 Å². The Morgan fingerprint density at radius 2 is 1.79 bits per heavy atom. The highest BCUT2D eigenvalue weighted by molar-refractivity contribution is 6.46. The number of nitrogens with zero attached hydrogens (tertiary/aromatic N) is 1. The van der Waals surface area contributed by atoms with Crippen LogP contribution in [-0.2, 0) is 16.2 Å². The maximum atomic E-state index is 13.9. The number of phenolic OH excluding ortho intramolecular Hbond substituents is 1. The number of aryl methyl sites for hydroxylation is 1. The molecule has 2 N–H and O–H groups in total. The average molecular weight is 531 g/mol. The van der Waals surface area contributed by atoms with E-state index in [4.69, 9.17) is 9.47 Å². The molecule has 0 bridgehead atoms. The van der Waals surface area contributed by atoms with E-state index in [1.165, 1.54) is 23.0 Å². The summed E-state index contributed by atoms with van der Waals surface area (Å²) in [4.78, 5) is 29.2. The number of ether oxygens (including phenoxy) is 2. The molecule has 1 unspecified atom stereocenters. The van der Waals surface area contributed by atoms with Crippen molar-refractivity contribution >= 4 is 17.4 Å². The molecule has 1 aliphatic heterocycles. The normalized spacial score (nSPS) is 16.6. The maximum Gasteiger partial charge on any atom is 0.295 e. The largest absolute Gasteiger partial charge is 0.872 e. The zero-order chi connectivity index (χ0) is 28.1. The number of benzene rings is 3. The van der Waals surface area contributed by atoms with E-state index >= 15 is 0 Å². The Hall–Kier alpha value is -4.30. The number of carbonyl (C=O) groups is 2. The number of phenols is 1. The van der Waals surface area contributed by atoms with Crippen molar-refractivity contribution in [2.75, 3.05) is 34.3 Å². The predicted molar refractivity (Wildman–Crippen MR) is 145 cm³/mol. The third kappa shape index (κ3) is 6.07. The highest BCUT2D eigenvalue weighted by atomic mass is 16.5. The zero-order valence-corrected chi connectivity index (χ0v) is 22.7. The van der Waals surface area contributed by atoms with Crippen LogP contribution in [-0.4, -0.2) is 56.0 Å². The van der Waals surface area contributed by atoms with Crippen molar-refractivity contribution in [3.05, 3.63) is 94.6 Å². The standard InChI is InChI=1S/C31H34N2O6/c1-20-17-23(39-19-21-9-6-5-7-10-21)12-13-24(20)29(35)27-28(22-11-14-25(34)26(18-22)38-4)33(31(37)30(27)36)16-8-15-32(2)3/h5-7,9-14,17-18,28,34-35H,8,15-16,19H2,1-4H3/b29-27+. The first kappa shape index (κ1) is 27.7. The molecule has 0 aromatic heterocycles. The maximum absolute atomic E-state index is 13.9. The second-order valence-electron chi connectivity index (χ2n) is 9.97. The molecule has 1 fully saturated rings. The molecule has 204 valence electrons. The number of methoxy groups -OCH3 is 1. The van der Waals surface area contributed by atoms with Crippen LogP contribution in [0.5, 0.6) is 17.2 Å². The molecule has 3 aromatic rings. The molecular formula is C31H34N2O6. The van der Waals surface area contributed by atoms with Gasteiger partial charge in [0.25, 0.3) is 5.91 Å². The summed E-state index contributed by atoms with van der Waals surface area (Å²) in [7, 11) is 5.44. The molecule has 0 radical (unpaired) electrons. The van der Waals surface area contributed by atoms with E-state index in [9.17, 15) is 19.8 Å². The van der Waals surface area contributed by atoms with Crippen molar-refractivity contribution in [2.45, 2.75) is 26.0 Å². The van der Waals surface area contributed by atoms with E-state index in [0.717, 1.165) is 12.1 Å². The molecule has 0 saturated carbocycles. The second kappa shape index (κ2) is 12.0. The van der Waals surface area contributed by atoms with Crippen LogP contribution in [0.2, 0.25) is 0 Å². The van der Waals surface area contributed by atoms with Crippen molar-refractivity contribution in [1.29, 1.82) is 0 Å². The Bertz CT molecular complexity index is 1380. The summed E-state index contributed by atoms with van der Waals surface area (Å²) in [5.74, 6) is -1.30. The number of Topliss-reactive ketones (excluding diaryl/α,β-unsaturated/α-hetero) is 1. The van der Waals surface area contributed by atoms with Crippen LogP contribution < -0.4 is 19.5 Å². The molecule has 1 aliphatic rings. The van der Waals surface area contributed by atoms with Crippen molar-refractivity contribution in [2.24, 2.45) is 0 Å². The fourth-order valence-electron chi connectivity index (χ4n) is 4.78. The fraction of sp³-hybridized carbons (Fsp3) is 0.290. The van der Waals surface area contributed by atoms with Gasteiger partial charge < -0.3 is 29.5 Å². The van der Waals surface area contributed by atoms with E-state index < -0.39 is 23.5 Å². The smallest absolute Gasteiger partial charge is 0.295 e. The lowest BCUT2D eigenvalue weighted by molar-refractivity contribution is -0.858. The molecule has 1 saturated heterocycles. The Labute approximate surface area is 228 Å².